The number of rotatable bonds is 4. The molecule has 4 heteroatoms. The van der Waals surface area contributed by atoms with Gasteiger partial charge in [0.2, 0.25) is 0 Å². The fourth-order valence-electron chi connectivity index (χ4n) is 3.81. The molecule has 2 N–H and O–H groups in total. The zero-order valence-electron chi connectivity index (χ0n) is 11.3. The number of hydrogen-bond donors (Lipinski definition) is 2. The third kappa shape index (κ3) is 2.18. The van der Waals surface area contributed by atoms with Crippen molar-refractivity contribution in [2.75, 3.05) is 6.61 Å². The fourth-order valence-corrected chi connectivity index (χ4v) is 3.81. The van der Waals surface area contributed by atoms with E-state index in [9.17, 15) is 9.90 Å². The van der Waals surface area contributed by atoms with E-state index in [1.807, 2.05) is 13.0 Å². The van der Waals surface area contributed by atoms with E-state index in [0.717, 1.165) is 18.6 Å². The lowest BCUT2D eigenvalue weighted by Crippen LogP contribution is -2.45. The van der Waals surface area contributed by atoms with Gasteiger partial charge in [-0.05, 0) is 43.2 Å². The Bertz CT molecular complexity index is 468. The summed E-state index contributed by atoms with van der Waals surface area (Å²) in [4.78, 5) is 12.2. The Labute approximate surface area is 113 Å². The average molecular weight is 263 g/mol. The normalized spacial score (nSPS) is 32.7. The van der Waals surface area contributed by atoms with Crippen LogP contribution in [0.5, 0.6) is 0 Å². The van der Waals surface area contributed by atoms with Gasteiger partial charge in [-0.2, -0.15) is 0 Å². The smallest absolute Gasteiger partial charge is 0.287 e. The Morgan fingerprint density at radius 2 is 2.21 bits per heavy atom. The first-order chi connectivity index (χ1) is 9.22. The van der Waals surface area contributed by atoms with E-state index in [1.165, 1.54) is 12.8 Å². The zero-order chi connectivity index (χ0) is 13.4. The molecule has 0 saturated heterocycles. The largest absolute Gasteiger partial charge is 0.456 e. The number of aliphatic hydroxyl groups is 1. The summed E-state index contributed by atoms with van der Waals surface area (Å²) in [6, 6.07) is 3.70. The van der Waals surface area contributed by atoms with Crippen molar-refractivity contribution in [3.63, 3.8) is 0 Å². The SMILES string of the molecule is CCc1ccc(C(=O)NC2C3CCC(C3)C2CO)o1. The first-order valence-electron chi connectivity index (χ1n) is 7.23. The molecule has 0 spiro atoms. The van der Waals surface area contributed by atoms with Crippen LogP contribution in [0.15, 0.2) is 16.5 Å². The van der Waals surface area contributed by atoms with Crippen molar-refractivity contribution in [1.29, 1.82) is 0 Å². The molecule has 0 radical (unpaired) electrons. The van der Waals surface area contributed by atoms with Crippen molar-refractivity contribution < 1.29 is 14.3 Å². The summed E-state index contributed by atoms with van der Waals surface area (Å²) >= 11 is 0. The molecule has 1 aromatic rings. The van der Waals surface area contributed by atoms with Crippen LogP contribution >= 0.6 is 0 Å². The molecule has 0 aromatic carbocycles. The predicted molar refractivity (Wildman–Crippen MR) is 70.7 cm³/mol. The van der Waals surface area contributed by atoms with Crippen molar-refractivity contribution in [3.05, 3.63) is 23.7 Å². The standard InChI is InChI=1S/C15H21NO3/c1-2-11-5-6-13(19-11)15(18)16-14-10-4-3-9(7-10)12(14)8-17/h5-6,9-10,12,14,17H,2-4,7-8H2,1H3,(H,16,18). The molecular formula is C15H21NO3. The van der Waals surface area contributed by atoms with Crippen LogP contribution in [0.4, 0.5) is 0 Å². The molecule has 4 atom stereocenters. The van der Waals surface area contributed by atoms with E-state index >= 15 is 0 Å². The number of fused-ring (bicyclic) bond motifs is 2. The number of hydrogen-bond acceptors (Lipinski definition) is 3. The molecule has 2 aliphatic carbocycles. The maximum atomic E-state index is 12.2. The second-order valence-corrected chi connectivity index (χ2v) is 5.80. The Kier molecular flexibility index (Phi) is 3.35. The van der Waals surface area contributed by atoms with Gasteiger partial charge in [-0.1, -0.05) is 6.92 Å². The van der Waals surface area contributed by atoms with E-state index in [0.29, 0.717) is 17.6 Å². The second kappa shape index (κ2) is 5.00. The molecule has 4 unspecified atom stereocenters. The third-order valence-corrected chi connectivity index (χ3v) is 4.83. The van der Waals surface area contributed by atoms with Crippen molar-refractivity contribution in [2.24, 2.45) is 17.8 Å². The van der Waals surface area contributed by atoms with Crippen molar-refractivity contribution >= 4 is 5.91 Å². The van der Waals surface area contributed by atoms with Gasteiger partial charge in [-0.25, -0.2) is 0 Å². The van der Waals surface area contributed by atoms with Gasteiger partial charge < -0.3 is 14.8 Å². The van der Waals surface area contributed by atoms with Crippen LogP contribution in [0.3, 0.4) is 0 Å². The molecule has 19 heavy (non-hydrogen) atoms. The zero-order valence-corrected chi connectivity index (χ0v) is 11.3. The van der Waals surface area contributed by atoms with Crippen LogP contribution in [0, 0.1) is 17.8 Å². The molecule has 3 rings (SSSR count). The van der Waals surface area contributed by atoms with Gasteiger partial charge in [0.1, 0.15) is 5.76 Å². The Morgan fingerprint density at radius 3 is 2.89 bits per heavy atom. The second-order valence-electron chi connectivity index (χ2n) is 5.80. The summed E-state index contributed by atoms with van der Waals surface area (Å²) < 4.78 is 5.48. The van der Waals surface area contributed by atoms with Crippen molar-refractivity contribution in [3.8, 4) is 0 Å². The van der Waals surface area contributed by atoms with Gasteiger partial charge >= 0.3 is 0 Å². The highest BCUT2D eigenvalue weighted by molar-refractivity contribution is 5.91. The quantitative estimate of drug-likeness (QED) is 0.873. The van der Waals surface area contributed by atoms with E-state index in [2.05, 4.69) is 5.32 Å². The summed E-state index contributed by atoms with van der Waals surface area (Å²) in [7, 11) is 0. The molecule has 4 nitrogen and oxygen atoms in total. The molecule has 2 fully saturated rings. The summed E-state index contributed by atoms with van der Waals surface area (Å²) in [5.74, 6) is 2.42. The van der Waals surface area contributed by atoms with E-state index in [1.54, 1.807) is 6.07 Å². The molecule has 1 amide bonds. The Balaban J connectivity index is 1.69. The summed E-state index contributed by atoms with van der Waals surface area (Å²) in [5.41, 5.74) is 0. The number of amides is 1. The first-order valence-corrected chi connectivity index (χ1v) is 7.23. The highest BCUT2D eigenvalue weighted by Gasteiger charge is 2.47. The van der Waals surface area contributed by atoms with E-state index < -0.39 is 0 Å². The summed E-state index contributed by atoms with van der Waals surface area (Å²) in [6.45, 7) is 2.17. The lowest BCUT2D eigenvalue weighted by Gasteiger charge is -2.30. The van der Waals surface area contributed by atoms with E-state index in [4.69, 9.17) is 4.42 Å². The molecule has 1 heterocycles. The first kappa shape index (κ1) is 12.7. The number of nitrogens with one attached hydrogen (secondary N) is 1. The minimum absolute atomic E-state index is 0.117. The van der Waals surface area contributed by atoms with Crippen LogP contribution in [-0.2, 0) is 6.42 Å². The number of aliphatic hydroxyl groups excluding tert-OH is 1. The van der Waals surface area contributed by atoms with E-state index in [-0.39, 0.29) is 24.5 Å². The lowest BCUT2D eigenvalue weighted by molar-refractivity contribution is 0.0833. The van der Waals surface area contributed by atoms with Gasteiger partial charge in [-0.15, -0.1) is 0 Å². The van der Waals surface area contributed by atoms with Crippen LogP contribution in [0.25, 0.3) is 0 Å². The molecule has 2 aliphatic rings. The number of carbonyl (C=O) groups excluding carboxylic acids is 1. The predicted octanol–water partition coefficient (Wildman–Crippen LogP) is 1.98. The molecule has 2 saturated carbocycles. The summed E-state index contributed by atoms with van der Waals surface area (Å²) in [6.07, 6.45) is 4.31. The monoisotopic (exact) mass is 263 g/mol. The van der Waals surface area contributed by atoms with Crippen LogP contribution in [0.2, 0.25) is 0 Å². The fraction of sp³-hybridized carbons (Fsp3) is 0.667. The third-order valence-electron chi connectivity index (χ3n) is 4.83. The van der Waals surface area contributed by atoms with Crippen molar-refractivity contribution in [1.82, 2.24) is 5.32 Å². The van der Waals surface area contributed by atoms with Gasteiger partial charge in [0.25, 0.3) is 5.91 Å². The molecule has 0 aliphatic heterocycles. The maximum absolute atomic E-state index is 12.2. The average Bonchev–Trinajstić information content (AvgIpc) is 3.13. The number of furan rings is 1. The maximum Gasteiger partial charge on any atom is 0.287 e. The number of carbonyl (C=O) groups is 1. The minimum Gasteiger partial charge on any atom is -0.456 e. The Morgan fingerprint density at radius 1 is 1.42 bits per heavy atom. The summed E-state index contributed by atoms with van der Waals surface area (Å²) in [5, 5.41) is 12.6. The molecule has 1 aromatic heterocycles. The van der Waals surface area contributed by atoms with Gasteiger partial charge in [0.05, 0.1) is 0 Å². The minimum atomic E-state index is -0.143. The number of aryl methyl sites for hydroxylation is 1. The molecular weight excluding hydrogens is 242 g/mol. The Hall–Kier alpha value is -1.29. The van der Waals surface area contributed by atoms with Crippen LogP contribution in [0.1, 0.15) is 42.5 Å². The molecule has 104 valence electrons. The highest BCUT2D eigenvalue weighted by Crippen LogP contribution is 2.48. The van der Waals surface area contributed by atoms with Gasteiger partial charge in [0, 0.05) is 25.0 Å². The molecule has 2 bridgehead atoms. The van der Waals surface area contributed by atoms with Gasteiger partial charge in [-0.3, -0.25) is 4.79 Å². The van der Waals surface area contributed by atoms with Crippen LogP contribution < -0.4 is 5.32 Å². The van der Waals surface area contributed by atoms with Crippen LogP contribution in [-0.4, -0.2) is 23.7 Å². The lowest BCUT2D eigenvalue weighted by atomic mass is 9.85. The van der Waals surface area contributed by atoms with Gasteiger partial charge in [0.15, 0.2) is 5.76 Å². The van der Waals surface area contributed by atoms with Crippen molar-refractivity contribution in [2.45, 2.75) is 38.6 Å². The topological polar surface area (TPSA) is 62.5 Å². The highest BCUT2D eigenvalue weighted by atomic mass is 16.3.